The molecule has 23 heavy (non-hydrogen) atoms. The van der Waals surface area contributed by atoms with Gasteiger partial charge in [0, 0.05) is 13.7 Å². The van der Waals surface area contributed by atoms with Crippen molar-refractivity contribution in [2.75, 3.05) is 27.4 Å². The average molecular weight is 342 g/mol. The van der Waals surface area contributed by atoms with Crippen LogP contribution in [0.15, 0.2) is 23.1 Å². The SMILES string of the molecule is COCC1(C(N)=O)CCCN1S(=O)(=O)c1cc(C)ccc1OC. The summed E-state index contributed by atoms with van der Waals surface area (Å²) in [5, 5.41) is 0. The highest BCUT2D eigenvalue weighted by molar-refractivity contribution is 7.89. The van der Waals surface area contributed by atoms with Gasteiger partial charge in [-0.05, 0) is 37.5 Å². The summed E-state index contributed by atoms with van der Waals surface area (Å²) in [6.45, 7) is 1.93. The molecule has 0 aromatic heterocycles. The number of ether oxygens (including phenoxy) is 2. The molecule has 1 saturated heterocycles. The number of rotatable bonds is 6. The number of nitrogens with two attached hydrogens (primary N) is 1. The molecule has 0 aliphatic carbocycles. The van der Waals surface area contributed by atoms with Gasteiger partial charge in [0.2, 0.25) is 15.9 Å². The van der Waals surface area contributed by atoms with Crippen LogP contribution in [0.4, 0.5) is 0 Å². The van der Waals surface area contributed by atoms with Crippen LogP contribution < -0.4 is 10.5 Å². The minimum Gasteiger partial charge on any atom is -0.495 e. The Bertz CT molecular complexity index is 704. The predicted molar refractivity (Wildman–Crippen MR) is 84.7 cm³/mol. The molecule has 0 radical (unpaired) electrons. The molecule has 1 aliphatic rings. The lowest BCUT2D eigenvalue weighted by Gasteiger charge is -2.34. The lowest BCUT2D eigenvalue weighted by atomic mass is 9.98. The lowest BCUT2D eigenvalue weighted by molar-refractivity contribution is -0.128. The first-order chi connectivity index (χ1) is 10.8. The molecule has 0 saturated carbocycles. The first-order valence-corrected chi connectivity index (χ1v) is 8.70. The monoisotopic (exact) mass is 342 g/mol. The van der Waals surface area contributed by atoms with E-state index in [2.05, 4.69) is 0 Å². The van der Waals surface area contributed by atoms with Crippen LogP contribution in [0, 0.1) is 6.92 Å². The quantitative estimate of drug-likeness (QED) is 0.819. The van der Waals surface area contributed by atoms with E-state index in [1.54, 1.807) is 19.1 Å². The summed E-state index contributed by atoms with van der Waals surface area (Å²) in [6.07, 6.45) is 0.878. The molecule has 1 amide bonds. The van der Waals surface area contributed by atoms with Gasteiger partial charge in [-0.15, -0.1) is 0 Å². The van der Waals surface area contributed by atoms with Crippen LogP contribution in [0.25, 0.3) is 0 Å². The number of hydrogen-bond acceptors (Lipinski definition) is 5. The third-order valence-corrected chi connectivity index (χ3v) is 6.15. The summed E-state index contributed by atoms with van der Waals surface area (Å²) in [5.41, 5.74) is 4.95. The second-order valence-electron chi connectivity index (χ2n) is 5.66. The summed E-state index contributed by atoms with van der Waals surface area (Å²) < 4.78 is 37.7. The number of methoxy groups -OCH3 is 2. The fourth-order valence-corrected chi connectivity index (χ4v) is 5.05. The number of hydrogen-bond donors (Lipinski definition) is 1. The Kier molecular flexibility index (Phi) is 4.98. The number of amides is 1. The summed E-state index contributed by atoms with van der Waals surface area (Å²) in [5.74, 6) is -0.467. The summed E-state index contributed by atoms with van der Waals surface area (Å²) >= 11 is 0. The topological polar surface area (TPSA) is 98.9 Å². The smallest absolute Gasteiger partial charge is 0.247 e. The Morgan fingerprint density at radius 1 is 1.39 bits per heavy atom. The standard InChI is InChI=1S/C15H22N2O5S/c1-11-5-6-12(22-3)13(9-11)23(19,20)17-8-4-7-15(17,10-21-2)14(16)18/h5-6,9H,4,7-8,10H2,1-3H3,(H2,16,18). The molecular weight excluding hydrogens is 320 g/mol. The van der Waals surface area contributed by atoms with E-state index in [9.17, 15) is 13.2 Å². The van der Waals surface area contributed by atoms with Crippen molar-refractivity contribution in [3.05, 3.63) is 23.8 Å². The van der Waals surface area contributed by atoms with E-state index in [1.165, 1.54) is 20.3 Å². The third-order valence-electron chi connectivity index (χ3n) is 4.16. The zero-order valence-corrected chi connectivity index (χ0v) is 14.4. The maximum atomic E-state index is 13.1. The molecule has 1 aliphatic heterocycles. The maximum Gasteiger partial charge on any atom is 0.247 e. The third kappa shape index (κ3) is 2.93. The second kappa shape index (κ2) is 6.46. The predicted octanol–water partition coefficient (Wildman–Crippen LogP) is 0.659. The average Bonchev–Trinajstić information content (AvgIpc) is 2.93. The molecule has 1 aromatic carbocycles. The van der Waals surface area contributed by atoms with Gasteiger partial charge in [0.25, 0.3) is 0 Å². The van der Waals surface area contributed by atoms with Crippen molar-refractivity contribution in [2.24, 2.45) is 5.73 Å². The van der Waals surface area contributed by atoms with E-state index >= 15 is 0 Å². The fourth-order valence-electron chi connectivity index (χ4n) is 3.01. The molecule has 0 bridgehead atoms. The number of aryl methyl sites for hydroxylation is 1. The van der Waals surface area contributed by atoms with Crippen LogP contribution in [0.2, 0.25) is 0 Å². The number of carbonyl (C=O) groups excluding carboxylic acids is 1. The Morgan fingerprint density at radius 2 is 2.09 bits per heavy atom. The molecule has 2 N–H and O–H groups in total. The highest BCUT2D eigenvalue weighted by atomic mass is 32.2. The minimum atomic E-state index is -3.95. The Morgan fingerprint density at radius 3 is 2.65 bits per heavy atom. The van der Waals surface area contributed by atoms with Gasteiger partial charge in [0.1, 0.15) is 16.2 Å². The highest BCUT2D eigenvalue weighted by Crippen LogP contribution is 2.37. The number of nitrogens with zero attached hydrogens (tertiary/aromatic N) is 1. The zero-order chi connectivity index (χ0) is 17.3. The van der Waals surface area contributed by atoms with Crippen molar-refractivity contribution in [1.29, 1.82) is 0 Å². The normalized spacial score (nSPS) is 22.2. The molecule has 1 atom stereocenters. The molecule has 128 valence electrons. The molecule has 1 heterocycles. The van der Waals surface area contributed by atoms with Crippen molar-refractivity contribution >= 4 is 15.9 Å². The van der Waals surface area contributed by atoms with E-state index in [-0.39, 0.29) is 23.8 Å². The number of sulfonamides is 1. The maximum absolute atomic E-state index is 13.1. The van der Waals surface area contributed by atoms with E-state index in [0.29, 0.717) is 12.8 Å². The molecule has 1 unspecified atom stereocenters. The van der Waals surface area contributed by atoms with Gasteiger partial charge < -0.3 is 15.2 Å². The van der Waals surface area contributed by atoms with Crippen LogP contribution in [0.5, 0.6) is 5.75 Å². The van der Waals surface area contributed by atoms with Crippen LogP contribution in [-0.2, 0) is 19.6 Å². The van der Waals surface area contributed by atoms with Crippen molar-refractivity contribution in [3.8, 4) is 5.75 Å². The molecule has 1 aromatic rings. The van der Waals surface area contributed by atoms with Gasteiger partial charge in [0.15, 0.2) is 0 Å². The number of primary amides is 1. The molecule has 8 heteroatoms. The summed E-state index contributed by atoms with van der Waals surface area (Å²) in [4.78, 5) is 12.1. The molecule has 0 spiro atoms. The zero-order valence-electron chi connectivity index (χ0n) is 13.5. The molecule has 2 rings (SSSR count). The van der Waals surface area contributed by atoms with Gasteiger partial charge in [0.05, 0.1) is 13.7 Å². The van der Waals surface area contributed by atoms with Gasteiger partial charge in [-0.25, -0.2) is 8.42 Å². The van der Waals surface area contributed by atoms with Crippen LogP contribution in [0.3, 0.4) is 0 Å². The highest BCUT2D eigenvalue weighted by Gasteiger charge is 2.52. The van der Waals surface area contributed by atoms with Crippen LogP contribution >= 0.6 is 0 Å². The Hall–Kier alpha value is -1.64. The molecule has 1 fully saturated rings. The van der Waals surface area contributed by atoms with Crippen LogP contribution in [0.1, 0.15) is 18.4 Å². The van der Waals surface area contributed by atoms with Gasteiger partial charge in [-0.1, -0.05) is 6.07 Å². The Balaban J connectivity index is 2.59. The van der Waals surface area contributed by atoms with Crippen molar-refractivity contribution in [1.82, 2.24) is 4.31 Å². The fraction of sp³-hybridized carbons (Fsp3) is 0.533. The van der Waals surface area contributed by atoms with Gasteiger partial charge in [-0.2, -0.15) is 4.31 Å². The van der Waals surface area contributed by atoms with E-state index in [0.717, 1.165) is 9.87 Å². The van der Waals surface area contributed by atoms with Gasteiger partial charge >= 0.3 is 0 Å². The molecule has 7 nitrogen and oxygen atoms in total. The van der Waals surface area contributed by atoms with E-state index in [1.807, 2.05) is 0 Å². The number of benzene rings is 1. The van der Waals surface area contributed by atoms with E-state index < -0.39 is 21.5 Å². The van der Waals surface area contributed by atoms with Crippen molar-refractivity contribution in [3.63, 3.8) is 0 Å². The lowest BCUT2D eigenvalue weighted by Crippen LogP contribution is -2.58. The first kappa shape index (κ1) is 17.7. The first-order valence-electron chi connectivity index (χ1n) is 7.26. The van der Waals surface area contributed by atoms with Crippen molar-refractivity contribution in [2.45, 2.75) is 30.2 Å². The number of carbonyl (C=O) groups is 1. The molecular formula is C15H22N2O5S. The summed E-state index contributed by atoms with van der Waals surface area (Å²) in [7, 11) is -1.13. The van der Waals surface area contributed by atoms with Gasteiger partial charge in [-0.3, -0.25) is 4.79 Å². The Labute approximate surface area is 136 Å². The second-order valence-corrected chi connectivity index (χ2v) is 7.49. The van der Waals surface area contributed by atoms with Crippen molar-refractivity contribution < 1.29 is 22.7 Å². The largest absolute Gasteiger partial charge is 0.495 e. The minimum absolute atomic E-state index is 0.0311. The van der Waals surface area contributed by atoms with Crippen LogP contribution in [-0.4, -0.2) is 51.5 Å². The summed E-state index contributed by atoms with van der Waals surface area (Å²) in [6, 6.07) is 4.89. The van der Waals surface area contributed by atoms with E-state index in [4.69, 9.17) is 15.2 Å².